The second-order valence-corrected chi connectivity index (χ2v) is 4.62. The SMILES string of the molecule is CC1(c2ccnc(Cl)c2)NC(=S)COC1F. The number of halogens is 2. The smallest absolute Gasteiger partial charge is 0.226 e. The van der Waals surface area contributed by atoms with Crippen LogP contribution in [-0.4, -0.2) is 22.9 Å². The molecule has 1 aliphatic heterocycles. The summed E-state index contributed by atoms with van der Waals surface area (Å²) in [5, 5.41) is 3.24. The van der Waals surface area contributed by atoms with Crippen LogP contribution in [0.4, 0.5) is 4.39 Å². The van der Waals surface area contributed by atoms with Crippen molar-refractivity contribution in [1.29, 1.82) is 0 Å². The van der Waals surface area contributed by atoms with E-state index < -0.39 is 11.9 Å². The van der Waals surface area contributed by atoms with Crippen LogP contribution in [0.2, 0.25) is 5.15 Å². The van der Waals surface area contributed by atoms with Crippen molar-refractivity contribution in [3.63, 3.8) is 0 Å². The van der Waals surface area contributed by atoms with E-state index in [1.807, 2.05) is 0 Å². The molecule has 0 bridgehead atoms. The molecule has 0 aromatic carbocycles. The van der Waals surface area contributed by atoms with Crippen molar-refractivity contribution in [3.8, 4) is 0 Å². The normalized spacial score (nSPS) is 29.9. The zero-order chi connectivity index (χ0) is 11.8. The van der Waals surface area contributed by atoms with E-state index in [0.717, 1.165) is 0 Å². The number of nitrogens with one attached hydrogen (secondary N) is 1. The summed E-state index contributed by atoms with van der Waals surface area (Å²) in [4.78, 5) is 4.33. The lowest BCUT2D eigenvalue weighted by atomic mass is 9.92. The Balaban J connectivity index is 2.39. The van der Waals surface area contributed by atoms with Crippen LogP contribution in [0.15, 0.2) is 18.3 Å². The summed E-state index contributed by atoms with van der Waals surface area (Å²) in [7, 11) is 0. The Kier molecular flexibility index (Phi) is 3.10. The molecule has 16 heavy (non-hydrogen) atoms. The van der Waals surface area contributed by atoms with Crippen LogP contribution in [0.1, 0.15) is 12.5 Å². The first-order valence-electron chi connectivity index (χ1n) is 4.71. The van der Waals surface area contributed by atoms with Crippen molar-refractivity contribution >= 4 is 28.8 Å². The molecule has 0 amide bonds. The van der Waals surface area contributed by atoms with Gasteiger partial charge in [0.25, 0.3) is 0 Å². The number of alkyl halides is 1. The molecule has 0 radical (unpaired) electrons. The zero-order valence-corrected chi connectivity index (χ0v) is 10.1. The van der Waals surface area contributed by atoms with E-state index in [1.54, 1.807) is 19.1 Å². The Morgan fingerprint density at radius 3 is 3.19 bits per heavy atom. The Morgan fingerprint density at radius 2 is 2.50 bits per heavy atom. The lowest BCUT2D eigenvalue weighted by Gasteiger charge is -2.38. The largest absolute Gasteiger partial charge is 0.364 e. The second-order valence-electron chi connectivity index (χ2n) is 3.74. The average Bonchev–Trinajstić information content (AvgIpc) is 2.24. The van der Waals surface area contributed by atoms with E-state index in [4.69, 9.17) is 28.6 Å². The molecule has 2 atom stereocenters. The fraction of sp³-hybridized carbons (Fsp3) is 0.400. The summed E-state index contributed by atoms with van der Waals surface area (Å²) in [6, 6.07) is 3.28. The molecular weight excluding hydrogens is 251 g/mol. The second kappa shape index (κ2) is 4.24. The number of ether oxygens (including phenoxy) is 1. The lowest BCUT2D eigenvalue weighted by molar-refractivity contribution is -0.0922. The maximum absolute atomic E-state index is 13.8. The summed E-state index contributed by atoms with van der Waals surface area (Å²) in [6.07, 6.45) is 0.0484. The highest BCUT2D eigenvalue weighted by Crippen LogP contribution is 2.31. The minimum atomic E-state index is -1.47. The molecular formula is C10H10ClFN2OS. The molecule has 2 rings (SSSR count). The van der Waals surface area contributed by atoms with E-state index in [9.17, 15) is 4.39 Å². The Morgan fingerprint density at radius 1 is 1.75 bits per heavy atom. The van der Waals surface area contributed by atoms with Crippen LogP contribution < -0.4 is 5.32 Å². The van der Waals surface area contributed by atoms with Gasteiger partial charge >= 0.3 is 0 Å². The van der Waals surface area contributed by atoms with Crippen molar-refractivity contribution in [3.05, 3.63) is 29.0 Å². The third-order valence-corrected chi connectivity index (χ3v) is 2.97. The maximum atomic E-state index is 13.8. The quantitative estimate of drug-likeness (QED) is 0.620. The third kappa shape index (κ3) is 2.03. The zero-order valence-electron chi connectivity index (χ0n) is 8.54. The summed E-state index contributed by atoms with van der Waals surface area (Å²) >= 11 is 10.8. The van der Waals surface area contributed by atoms with Gasteiger partial charge in [-0.2, -0.15) is 0 Å². The highest BCUT2D eigenvalue weighted by Gasteiger charge is 2.41. The minimum absolute atomic E-state index is 0.102. The Labute approximate surface area is 103 Å². The fourth-order valence-corrected chi connectivity index (χ4v) is 2.08. The van der Waals surface area contributed by atoms with Gasteiger partial charge in [-0.1, -0.05) is 23.8 Å². The summed E-state index contributed by atoms with van der Waals surface area (Å²) in [5.74, 6) is 0. The number of hydrogen-bond donors (Lipinski definition) is 1. The molecule has 6 heteroatoms. The molecule has 0 saturated carbocycles. The molecule has 1 aliphatic rings. The van der Waals surface area contributed by atoms with E-state index in [2.05, 4.69) is 10.3 Å². The van der Waals surface area contributed by atoms with Crippen LogP contribution in [0.5, 0.6) is 0 Å². The first-order valence-corrected chi connectivity index (χ1v) is 5.50. The summed E-state index contributed by atoms with van der Waals surface area (Å²) in [6.45, 7) is 1.78. The lowest BCUT2D eigenvalue weighted by Crippen LogP contribution is -2.56. The molecule has 1 aromatic heterocycles. The summed E-state index contributed by atoms with van der Waals surface area (Å²) < 4.78 is 18.8. The number of rotatable bonds is 1. The van der Waals surface area contributed by atoms with E-state index in [1.165, 1.54) is 6.20 Å². The van der Waals surface area contributed by atoms with Crippen molar-refractivity contribution < 1.29 is 9.13 Å². The minimum Gasteiger partial charge on any atom is -0.364 e. The van der Waals surface area contributed by atoms with Crippen LogP contribution in [0.25, 0.3) is 0 Å². The van der Waals surface area contributed by atoms with Gasteiger partial charge in [-0.15, -0.1) is 0 Å². The van der Waals surface area contributed by atoms with Crippen LogP contribution in [-0.2, 0) is 10.3 Å². The maximum Gasteiger partial charge on any atom is 0.226 e. The van der Waals surface area contributed by atoms with Crippen molar-refractivity contribution in [2.45, 2.75) is 18.8 Å². The van der Waals surface area contributed by atoms with Gasteiger partial charge in [0, 0.05) is 6.20 Å². The van der Waals surface area contributed by atoms with Gasteiger partial charge < -0.3 is 10.1 Å². The van der Waals surface area contributed by atoms with E-state index in [-0.39, 0.29) is 6.61 Å². The number of aromatic nitrogens is 1. The Hall–Kier alpha value is -0.780. The number of thiocarbonyl (C=S) groups is 1. The highest BCUT2D eigenvalue weighted by atomic mass is 35.5. The molecule has 1 aromatic rings. The predicted octanol–water partition coefficient (Wildman–Crippen LogP) is 2.19. The average molecular weight is 261 g/mol. The molecule has 86 valence electrons. The first kappa shape index (κ1) is 11.7. The monoisotopic (exact) mass is 260 g/mol. The molecule has 2 unspecified atom stereocenters. The number of hydrogen-bond acceptors (Lipinski definition) is 3. The molecule has 1 saturated heterocycles. The van der Waals surface area contributed by atoms with Gasteiger partial charge in [0.1, 0.15) is 22.3 Å². The molecule has 0 spiro atoms. The number of pyridine rings is 1. The standard InChI is InChI=1S/C10H10ClFN2OS/c1-10(6-2-3-13-7(11)4-6)9(12)15-5-8(16)14-10/h2-4,9H,5H2,1H3,(H,14,16). The van der Waals surface area contributed by atoms with Crippen LogP contribution >= 0.6 is 23.8 Å². The van der Waals surface area contributed by atoms with Gasteiger partial charge in [0.2, 0.25) is 6.36 Å². The first-order chi connectivity index (χ1) is 7.52. The molecule has 0 aliphatic carbocycles. The van der Waals surface area contributed by atoms with Gasteiger partial charge in [-0.25, -0.2) is 9.37 Å². The predicted molar refractivity (Wildman–Crippen MR) is 63.2 cm³/mol. The molecule has 1 fully saturated rings. The van der Waals surface area contributed by atoms with Crippen molar-refractivity contribution in [2.24, 2.45) is 0 Å². The van der Waals surface area contributed by atoms with Gasteiger partial charge in [-0.05, 0) is 24.6 Å². The summed E-state index contributed by atoms with van der Waals surface area (Å²) in [5.41, 5.74) is -0.357. The van der Waals surface area contributed by atoms with Crippen molar-refractivity contribution in [1.82, 2.24) is 10.3 Å². The van der Waals surface area contributed by atoms with Gasteiger partial charge in [0.05, 0.1) is 0 Å². The molecule has 2 heterocycles. The van der Waals surface area contributed by atoms with E-state index >= 15 is 0 Å². The van der Waals surface area contributed by atoms with Crippen LogP contribution in [0, 0.1) is 0 Å². The van der Waals surface area contributed by atoms with Gasteiger partial charge in [0.15, 0.2) is 0 Å². The number of morpholine rings is 1. The fourth-order valence-electron chi connectivity index (χ4n) is 1.63. The topological polar surface area (TPSA) is 34.2 Å². The Bertz CT molecular complexity index is 431. The van der Waals surface area contributed by atoms with E-state index in [0.29, 0.717) is 15.7 Å². The number of nitrogens with zero attached hydrogens (tertiary/aromatic N) is 1. The highest BCUT2D eigenvalue weighted by molar-refractivity contribution is 7.80. The van der Waals surface area contributed by atoms with Crippen LogP contribution in [0.3, 0.4) is 0 Å². The van der Waals surface area contributed by atoms with Crippen molar-refractivity contribution in [2.75, 3.05) is 6.61 Å². The molecule has 3 nitrogen and oxygen atoms in total. The molecule has 1 N–H and O–H groups in total. The van der Waals surface area contributed by atoms with Gasteiger partial charge in [-0.3, -0.25) is 0 Å². The third-order valence-electron chi connectivity index (χ3n) is 2.54.